The van der Waals surface area contributed by atoms with E-state index in [1.807, 2.05) is 18.3 Å². The first-order valence-electron chi connectivity index (χ1n) is 5.03. The van der Waals surface area contributed by atoms with Gasteiger partial charge in [-0.1, -0.05) is 37.9 Å². The summed E-state index contributed by atoms with van der Waals surface area (Å²) in [4.78, 5) is 4.02. The van der Waals surface area contributed by atoms with E-state index in [-0.39, 0.29) is 0 Å². The van der Waals surface area contributed by atoms with Crippen LogP contribution in [0.5, 0.6) is 0 Å². The van der Waals surface area contributed by atoms with Crippen LogP contribution in [0.15, 0.2) is 18.3 Å². The summed E-state index contributed by atoms with van der Waals surface area (Å²) in [6.07, 6.45) is 3.03. The number of nitrogens with one attached hydrogen (secondary N) is 1. The normalized spacial score (nSPS) is 12.8. The Kier molecular flexibility index (Phi) is 4.91. The van der Waals surface area contributed by atoms with Crippen molar-refractivity contribution in [1.82, 2.24) is 10.3 Å². The third kappa shape index (κ3) is 4.07. The van der Waals surface area contributed by atoms with Gasteiger partial charge < -0.3 is 5.32 Å². The second-order valence-electron chi connectivity index (χ2n) is 3.63. The number of hydrogen-bond acceptors (Lipinski definition) is 2. The Morgan fingerprint density at radius 1 is 1.50 bits per heavy atom. The number of halogens is 1. The molecule has 0 aliphatic rings. The van der Waals surface area contributed by atoms with Crippen LogP contribution >= 0.6 is 11.6 Å². The third-order valence-electron chi connectivity index (χ3n) is 2.31. The lowest BCUT2D eigenvalue weighted by atomic mass is 10.1. The van der Waals surface area contributed by atoms with Gasteiger partial charge in [0.2, 0.25) is 0 Å². The lowest BCUT2D eigenvalue weighted by molar-refractivity contribution is 0.499. The Morgan fingerprint density at radius 2 is 2.29 bits per heavy atom. The van der Waals surface area contributed by atoms with Crippen LogP contribution in [0.1, 0.15) is 25.8 Å². The van der Waals surface area contributed by atoms with Crippen molar-refractivity contribution in [2.75, 3.05) is 6.54 Å². The summed E-state index contributed by atoms with van der Waals surface area (Å²) >= 11 is 5.69. The van der Waals surface area contributed by atoms with Gasteiger partial charge in [0.25, 0.3) is 0 Å². The molecular weight excluding hydrogens is 196 g/mol. The zero-order chi connectivity index (χ0) is 10.4. The Labute approximate surface area is 90.7 Å². The van der Waals surface area contributed by atoms with E-state index in [4.69, 9.17) is 11.6 Å². The molecule has 78 valence electrons. The average Bonchev–Trinajstić information content (AvgIpc) is 2.21. The molecule has 1 rings (SSSR count). The SMILES string of the molecule is CCC(C)CNCc1ccc(Cl)nc1. The van der Waals surface area contributed by atoms with Crippen LogP contribution in [0.4, 0.5) is 0 Å². The summed E-state index contributed by atoms with van der Waals surface area (Å²) in [5, 5.41) is 3.94. The highest BCUT2D eigenvalue weighted by Gasteiger charge is 1.98. The zero-order valence-electron chi connectivity index (χ0n) is 8.76. The minimum absolute atomic E-state index is 0.552. The lowest BCUT2D eigenvalue weighted by Crippen LogP contribution is -2.20. The quantitative estimate of drug-likeness (QED) is 0.760. The van der Waals surface area contributed by atoms with Gasteiger partial charge in [-0.3, -0.25) is 0 Å². The minimum atomic E-state index is 0.552. The average molecular weight is 213 g/mol. The molecule has 1 atom stereocenters. The summed E-state index contributed by atoms with van der Waals surface area (Å²) in [5.41, 5.74) is 1.18. The van der Waals surface area contributed by atoms with E-state index < -0.39 is 0 Å². The molecule has 0 amide bonds. The predicted octanol–water partition coefficient (Wildman–Crippen LogP) is 2.87. The van der Waals surface area contributed by atoms with Gasteiger partial charge in [0.05, 0.1) is 0 Å². The number of rotatable bonds is 5. The van der Waals surface area contributed by atoms with Gasteiger partial charge in [0.15, 0.2) is 0 Å². The van der Waals surface area contributed by atoms with E-state index in [9.17, 15) is 0 Å². The molecule has 0 fully saturated rings. The fourth-order valence-corrected chi connectivity index (χ4v) is 1.23. The number of nitrogens with zero attached hydrogens (tertiary/aromatic N) is 1. The smallest absolute Gasteiger partial charge is 0.129 e. The highest BCUT2D eigenvalue weighted by Crippen LogP contribution is 2.05. The van der Waals surface area contributed by atoms with Gasteiger partial charge in [0, 0.05) is 12.7 Å². The highest BCUT2D eigenvalue weighted by molar-refractivity contribution is 6.29. The standard InChI is InChI=1S/C11H17ClN2/c1-3-9(2)6-13-7-10-4-5-11(12)14-8-10/h4-5,8-9,13H,3,6-7H2,1-2H3. The van der Waals surface area contributed by atoms with Crippen LogP contribution in [-0.4, -0.2) is 11.5 Å². The molecular formula is C11H17ClN2. The number of aromatic nitrogens is 1. The first-order chi connectivity index (χ1) is 6.72. The summed E-state index contributed by atoms with van der Waals surface area (Å²) in [6.45, 7) is 6.37. The van der Waals surface area contributed by atoms with Crippen LogP contribution in [0.2, 0.25) is 5.15 Å². The fraction of sp³-hybridized carbons (Fsp3) is 0.545. The lowest BCUT2D eigenvalue weighted by Gasteiger charge is -2.09. The maximum absolute atomic E-state index is 5.69. The van der Waals surface area contributed by atoms with E-state index in [0.29, 0.717) is 5.15 Å². The molecule has 0 spiro atoms. The molecule has 0 aliphatic heterocycles. The van der Waals surface area contributed by atoms with Crippen LogP contribution < -0.4 is 5.32 Å². The summed E-state index contributed by atoms with van der Waals surface area (Å²) in [5.74, 6) is 0.732. The minimum Gasteiger partial charge on any atom is -0.312 e. The Hall–Kier alpha value is -0.600. The zero-order valence-corrected chi connectivity index (χ0v) is 9.51. The maximum Gasteiger partial charge on any atom is 0.129 e. The van der Waals surface area contributed by atoms with Crippen LogP contribution in [-0.2, 0) is 6.54 Å². The Morgan fingerprint density at radius 3 is 2.86 bits per heavy atom. The molecule has 3 heteroatoms. The van der Waals surface area contributed by atoms with Crippen molar-refractivity contribution in [1.29, 1.82) is 0 Å². The Balaban J connectivity index is 2.28. The topological polar surface area (TPSA) is 24.9 Å². The van der Waals surface area contributed by atoms with Crippen molar-refractivity contribution >= 4 is 11.6 Å². The summed E-state index contributed by atoms with van der Waals surface area (Å²) < 4.78 is 0. The second-order valence-corrected chi connectivity index (χ2v) is 4.02. The maximum atomic E-state index is 5.69. The first-order valence-corrected chi connectivity index (χ1v) is 5.41. The van der Waals surface area contributed by atoms with Crippen molar-refractivity contribution in [3.63, 3.8) is 0 Å². The molecule has 1 unspecified atom stereocenters. The van der Waals surface area contributed by atoms with E-state index in [0.717, 1.165) is 19.0 Å². The van der Waals surface area contributed by atoms with Gasteiger partial charge >= 0.3 is 0 Å². The summed E-state index contributed by atoms with van der Waals surface area (Å²) in [6, 6.07) is 3.82. The molecule has 1 aromatic rings. The van der Waals surface area contributed by atoms with Crippen LogP contribution in [0, 0.1) is 5.92 Å². The molecule has 14 heavy (non-hydrogen) atoms. The van der Waals surface area contributed by atoms with E-state index in [2.05, 4.69) is 24.1 Å². The monoisotopic (exact) mass is 212 g/mol. The largest absolute Gasteiger partial charge is 0.312 e. The molecule has 1 aromatic heterocycles. The predicted molar refractivity (Wildman–Crippen MR) is 60.4 cm³/mol. The van der Waals surface area contributed by atoms with Gasteiger partial charge in [-0.2, -0.15) is 0 Å². The summed E-state index contributed by atoms with van der Waals surface area (Å²) in [7, 11) is 0. The van der Waals surface area contributed by atoms with Gasteiger partial charge in [-0.15, -0.1) is 0 Å². The van der Waals surface area contributed by atoms with Crippen molar-refractivity contribution in [2.45, 2.75) is 26.8 Å². The second kappa shape index (κ2) is 5.99. The van der Waals surface area contributed by atoms with Crippen LogP contribution in [0.3, 0.4) is 0 Å². The molecule has 0 saturated heterocycles. The molecule has 1 N–H and O–H groups in total. The fourth-order valence-electron chi connectivity index (χ4n) is 1.12. The number of hydrogen-bond donors (Lipinski definition) is 1. The molecule has 0 radical (unpaired) electrons. The molecule has 0 bridgehead atoms. The van der Waals surface area contributed by atoms with Gasteiger partial charge in [-0.25, -0.2) is 4.98 Å². The molecule has 2 nitrogen and oxygen atoms in total. The third-order valence-corrected chi connectivity index (χ3v) is 2.53. The Bertz CT molecular complexity index is 258. The van der Waals surface area contributed by atoms with Gasteiger partial charge in [0.1, 0.15) is 5.15 Å². The van der Waals surface area contributed by atoms with Crippen molar-refractivity contribution in [3.8, 4) is 0 Å². The van der Waals surface area contributed by atoms with Crippen molar-refractivity contribution < 1.29 is 0 Å². The number of pyridine rings is 1. The molecule has 0 aromatic carbocycles. The molecule has 0 saturated carbocycles. The van der Waals surface area contributed by atoms with E-state index in [1.165, 1.54) is 12.0 Å². The van der Waals surface area contributed by atoms with Crippen molar-refractivity contribution in [2.24, 2.45) is 5.92 Å². The van der Waals surface area contributed by atoms with E-state index >= 15 is 0 Å². The highest BCUT2D eigenvalue weighted by atomic mass is 35.5. The van der Waals surface area contributed by atoms with E-state index in [1.54, 1.807) is 0 Å². The van der Waals surface area contributed by atoms with Crippen molar-refractivity contribution in [3.05, 3.63) is 29.0 Å². The molecule has 0 aliphatic carbocycles. The molecule has 1 heterocycles. The van der Waals surface area contributed by atoms with Crippen LogP contribution in [0.25, 0.3) is 0 Å². The van der Waals surface area contributed by atoms with Gasteiger partial charge in [-0.05, 0) is 24.1 Å². The first kappa shape index (κ1) is 11.5.